The number of hydrogen-bond acceptors (Lipinski definition) is 4. The van der Waals surface area contributed by atoms with Crippen LogP contribution in [0, 0.1) is 0 Å². The van der Waals surface area contributed by atoms with Crippen molar-refractivity contribution in [2.75, 3.05) is 7.11 Å². The highest BCUT2D eigenvalue weighted by atomic mass is 35.5. The summed E-state index contributed by atoms with van der Waals surface area (Å²) in [5.74, 6) is -0.368. The summed E-state index contributed by atoms with van der Waals surface area (Å²) in [7, 11) is 1.34. The summed E-state index contributed by atoms with van der Waals surface area (Å²) in [6.45, 7) is 0.324. The van der Waals surface area contributed by atoms with Crippen LogP contribution in [0.3, 0.4) is 0 Å². The first-order valence-electron chi connectivity index (χ1n) is 3.51. The third kappa shape index (κ3) is 3.91. The first-order valence-corrected chi connectivity index (χ1v) is 3.51. The highest BCUT2D eigenvalue weighted by Crippen LogP contribution is 2.02. The average molecular weight is 239 g/mol. The molecule has 80 valence electrons. The van der Waals surface area contributed by atoms with Crippen LogP contribution in [0.25, 0.3) is 0 Å². The molecule has 0 saturated carbocycles. The molecule has 1 aromatic heterocycles. The van der Waals surface area contributed by atoms with Gasteiger partial charge < -0.3 is 10.5 Å². The van der Waals surface area contributed by atoms with Gasteiger partial charge in [-0.25, -0.2) is 4.79 Å². The van der Waals surface area contributed by atoms with Gasteiger partial charge in [-0.05, 0) is 12.1 Å². The van der Waals surface area contributed by atoms with Gasteiger partial charge in [0.05, 0.1) is 18.4 Å². The van der Waals surface area contributed by atoms with Crippen LogP contribution in [-0.4, -0.2) is 18.1 Å². The van der Waals surface area contributed by atoms with Gasteiger partial charge in [0.25, 0.3) is 0 Å². The van der Waals surface area contributed by atoms with Gasteiger partial charge in [-0.3, -0.25) is 4.98 Å². The topological polar surface area (TPSA) is 65.2 Å². The van der Waals surface area contributed by atoms with Gasteiger partial charge >= 0.3 is 5.97 Å². The standard InChI is InChI=1S/C8H10N2O2.2ClH/c1-12-8(11)6-2-3-10-7(4-6)5-9;;/h2-4H,5,9H2,1H3;2*1H. The van der Waals surface area contributed by atoms with E-state index in [2.05, 4.69) is 9.72 Å². The summed E-state index contributed by atoms with van der Waals surface area (Å²) < 4.78 is 4.53. The van der Waals surface area contributed by atoms with Crippen molar-refractivity contribution in [1.29, 1.82) is 0 Å². The Hall–Kier alpha value is -0.840. The first kappa shape index (κ1) is 15.6. The maximum absolute atomic E-state index is 11.0. The monoisotopic (exact) mass is 238 g/mol. The second kappa shape index (κ2) is 7.55. The van der Waals surface area contributed by atoms with Crippen LogP contribution in [-0.2, 0) is 11.3 Å². The number of halogens is 2. The molecule has 6 heteroatoms. The number of carbonyl (C=O) groups is 1. The number of hydrogen-bond donors (Lipinski definition) is 1. The maximum atomic E-state index is 11.0. The third-order valence-corrected chi connectivity index (χ3v) is 1.45. The van der Waals surface area contributed by atoms with Crippen molar-refractivity contribution in [3.63, 3.8) is 0 Å². The van der Waals surface area contributed by atoms with Gasteiger partial charge in [0.15, 0.2) is 0 Å². The van der Waals surface area contributed by atoms with Crippen LogP contribution in [0.5, 0.6) is 0 Å². The Balaban J connectivity index is 0. The van der Waals surface area contributed by atoms with Gasteiger partial charge in [0, 0.05) is 12.7 Å². The number of ether oxygens (including phenoxy) is 1. The number of carbonyl (C=O) groups excluding carboxylic acids is 1. The lowest BCUT2D eigenvalue weighted by Crippen LogP contribution is -2.05. The van der Waals surface area contributed by atoms with E-state index in [9.17, 15) is 4.79 Å². The lowest BCUT2D eigenvalue weighted by Gasteiger charge is -1.99. The zero-order valence-electron chi connectivity index (χ0n) is 7.60. The highest BCUT2D eigenvalue weighted by molar-refractivity contribution is 5.89. The number of esters is 1. The van der Waals surface area contributed by atoms with Crippen LogP contribution in [0.4, 0.5) is 0 Å². The summed E-state index contributed by atoms with van der Waals surface area (Å²) >= 11 is 0. The second-order valence-electron chi connectivity index (χ2n) is 2.23. The fourth-order valence-corrected chi connectivity index (χ4v) is 0.835. The molecule has 1 aromatic rings. The van der Waals surface area contributed by atoms with E-state index in [1.165, 1.54) is 13.3 Å². The van der Waals surface area contributed by atoms with Gasteiger partial charge in [-0.1, -0.05) is 0 Å². The van der Waals surface area contributed by atoms with E-state index in [4.69, 9.17) is 5.73 Å². The molecule has 2 N–H and O–H groups in total. The van der Waals surface area contributed by atoms with Crippen molar-refractivity contribution in [1.82, 2.24) is 4.98 Å². The molecule has 0 aliphatic rings. The molecule has 1 heterocycles. The summed E-state index contributed by atoms with van der Waals surface area (Å²) in [5, 5.41) is 0. The molecular weight excluding hydrogens is 227 g/mol. The van der Waals surface area contributed by atoms with Crippen molar-refractivity contribution < 1.29 is 9.53 Å². The molecule has 4 nitrogen and oxygen atoms in total. The summed E-state index contributed by atoms with van der Waals surface area (Å²) in [5.41, 5.74) is 6.50. The first-order chi connectivity index (χ1) is 5.77. The number of aromatic nitrogens is 1. The molecule has 1 rings (SSSR count). The Morgan fingerprint density at radius 1 is 1.57 bits per heavy atom. The fraction of sp³-hybridized carbons (Fsp3) is 0.250. The SMILES string of the molecule is COC(=O)c1ccnc(CN)c1.Cl.Cl. The Bertz CT molecular complexity index is 294. The molecular formula is C8H12Cl2N2O2. The summed E-state index contributed by atoms with van der Waals surface area (Å²) in [6.07, 6.45) is 1.54. The predicted molar refractivity (Wildman–Crippen MR) is 58.0 cm³/mol. The van der Waals surface area contributed by atoms with Gasteiger partial charge in [0.1, 0.15) is 0 Å². The lowest BCUT2D eigenvalue weighted by molar-refractivity contribution is 0.0600. The van der Waals surface area contributed by atoms with Crippen molar-refractivity contribution in [2.45, 2.75) is 6.54 Å². The minimum atomic E-state index is -0.368. The Morgan fingerprint density at radius 3 is 2.71 bits per heavy atom. The zero-order chi connectivity index (χ0) is 8.97. The molecule has 0 fully saturated rings. The minimum Gasteiger partial charge on any atom is -0.465 e. The van der Waals surface area contributed by atoms with Crippen LogP contribution in [0.1, 0.15) is 16.1 Å². The molecule has 0 aromatic carbocycles. The molecule has 14 heavy (non-hydrogen) atoms. The molecule has 0 radical (unpaired) electrons. The van der Waals surface area contributed by atoms with E-state index in [1.54, 1.807) is 12.1 Å². The highest BCUT2D eigenvalue weighted by Gasteiger charge is 2.04. The molecule has 0 aliphatic heterocycles. The Morgan fingerprint density at radius 2 is 2.21 bits per heavy atom. The van der Waals surface area contributed by atoms with Crippen LogP contribution in [0.15, 0.2) is 18.3 Å². The number of nitrogens with two attached hydrogens (primary N) is 1. The minimum absolute atomic E-state index is 0. The molecule has 0 aliphatic carbocycles. The fourth-order valence-electron chi connectivity index (χ4n) is 0.835. The van der Waals surface area contributed by atoms with E-state index >= 15 is 0 Å². The van der Waals surface area contributed by atoms with Gasteiger partial charge in [0.2, 0.25) is 0 Å². The molecule has 0 atom stereocenters. The Labute approximate surface area is 94.7 Å². The number of nitrogens with zero attached hydrogens (tertiary/aromatic N) is 1. The molecule has 0 bridgehead atoms. The van der Waals surface area contributed by atoms with E-state index in [0.717, 1.165) is 0 Å². The van der Waals surface area contributed by atoms with E-state index in [-0.39, 0.29) is 30.8 Å². The molecule has 0 saturated heterocycles. The Kier molecular flexibility index (Phi) is 8.43. The van der Waals surface area contributed by atoms with E-state index < -0.39 is 0 Å². The van der Waals surface area contributed by atoms with E-state index in [0.29, 0.717) is 17.8 Å². The van der Waals surface area contributed by atoms with Crippen LogP contribution in [0.2, 0.25) is 0 Å². The molecule has 0 spiro atoms. The van der Waals surface area contributed by atoms with Crippen molar-refractivity contribution >= 4 is 30.8 Å². The zero-order valence-corrected chi connectivity index (χ0v) is 9.23. The average Bonchev–Trinajstić information content (AvgIpc) is 2.17. The maximum Gasteiger partial charge on any atom is 0.337 e. The van der Waals surface area contributed by atoms with Gasteiger partial charge in [-0.15, -0.1) is 24.8 Å². The quantitative estimate of drug-likeness (QED) is 0.786. The van der Waals surface area contributed by atoms with Crippen LogP contribution < -0.4 is 5.73 Å². The lowest BCUT2D eigenvalue weighted by atomic mass is 10.2. The number of pyridine rings is 1. The summed E-state index contributed by atoms with van der Waals surface area (Å²) in [6, 6.07) is 3.21. The molecule has 0 unspecified atom stereocenters. The van der Waals surface area contributed by atoms with Crippen molar-refractivity contribution in [2.24, 2.45) is 5.73 Å². The number of rotatable bonds is 2. The van der Waals surface area contributed by atoms with Crippen LogP contribution >= 0.6 is 24.8 Å². The smallest absolute Gasteiger partial charge is 0.337 e. The predicted octanol–water partition coefficient (Wildman–Crippen LogP) is 1.17. The normalized spacial score (nSPS) is 8.14. The number of methoxy groups -OCH3 is 1. The molecule has 0 amide bonds. The third-order valence-electron chi connectivity index (χ3n) is 1.45. The van der Waals surface area contributed by atoms with Gasteiger partial charge in [-0.2, -0.15) is 0 Å². The van der Waals surface area contributed by atoms with Crippen molar-refractivity contribution in [3.05, 3.63) is 29.6 Å². The summed E-state index contributed by atoms with van der Waals surface area (Å²) in [4.78, 5) is 14.9. The van der Waals surface area contributed by atoms with E-state index in [1.807, 2.05) is 0 Å². The van der Waals surface area contributed by atoms with Crippen molar-refractivity contribution in [3.8, 4) is 0 Å². The second-order valence-corrected chi connectivity index (χ2v) is 2.23. The largest absolute Gasteiger partial charge is 0.465 e.